The monoisotopic (exact) mass is 481 g/mol. The molecule has 0 N–H and O–H groups in total. The summed E-state index contributed by atoms with van der Waals surface area (Å²) in [6.07, 6.45) is -0.212. The van der Waals surface area contributed by atoms with Crippen molar-refractivity contribution in [2.45, 2.75) is 70.4 Å². The third-order valence-corrected chi connectivity index (χ3v) is 11.8. The van der Waals surface area contributed by atoms with Crippen molar-refractivity contribution >= 4 is 18.7 Å². The zero-order valence-corrected chi connectivity index (χ0v) is 21.7. The van der Waals surface area contributed by atoms with Gasteiger partial charge in [-0.3, -0.25) is 0 Å². The minimum atomic E-state index is -2.62. The Hall–Kier alpha value is -2.19. The summed E-state index contributed by atoms with van der Waals surface area (Å²) in [5.41, 5.74) is 8.91. The van der Waals surface area contributed by atoms with E-state index < -0.39 is 20.4 Å². The molecule has 0 aromatic heterocycles. The standard InChI is InChI=1S/C26H35N3O4Si/c1-25(2,3)34(19-12-8-6-9-13-19,20-14-10-7-11-15-20)30-17-16-22-21(18-28-29-27)23-24(31-22)33-26(4,5)32-23/h6-15,21-24H,16-18H2,1-5H3/t21-,22-,23-,24-/m1/s1. The molecule has 8 heteroatoms. The summed E-state index contributed by atoms with van der Waals surface area (Å²) in [6, 6.07) is 21.2. The summed E-state index contributed by atoms with van der Waals surface area (Å²) in [5.74, 6) is -0.786. The average Bonchev–Trinajstić information content (AvgIpc) is 3.26. The van der Waals surface area contributed by atoms with Gasteiger partial charge in [-0.05, 0) is 41.2 Å². The molecule has 2 heterocycles. The molecule has 2 fully saturated rings. The van der Waals surface area contributed by atoms with Gasteiger partial charge < -0.3 is 18.6 Å². The van der Waals surface area contributed by atoms with Crippen molar-refractivity contribution < 1.29 is 18.6 Å². The van der Waals surface area contributed by atoms with E-state index in [1.807, 2.05) is 26.0 Å². The molecule has 7 nitrogen and oxygen atoms in total. The number of azide groups is 1. The fourth-order valence-corrected chi connectivity index (χ4v) is 9.94. The number of rotatable bonds is 8. The summed E-state index contributed by atoms with van der Waals surface area (Å²) < 4.78 is 25.3. The van der Waals surface area contributed by atoms with Crippen molar-refractivity contribution in [3.63, 3.8) is 0 Å². The zero-order valence-electron chi connectivity index (χ0n) is 20.7. The summed E-state index contributed by atoms with van der Waals surface area (Å²) in [5, 5.41) is 6.24. The second kappa shape index (κ2) is 9.82. The molecule has 0 unspecified atom stereocenters. The van der Waals surface area contributed by atoms with E-state index in [2.05, 4.69) is 79.3 Å². The lowest BCUT2D eigenvalue weighted by atomic mass is 9.96. The van der Waals surface area contributed by atoms with E-state index in [0.29, 0.717) is 19.6 Å². The lowest BCUT2D eigenvalue weighted by molar-refractivity contribution is -0.210. The molecule has 0 aliphatic carbocycles. The second-order valence-corrected chi connectivity index (χ2v) is 14.8. The first-order valence-corrected chi connectivity index (χ1v) is 13.9. The molecular formula is C26H35N3O4Si. The van der Waals surface area contributed by atoms with Gasteiger partial charge in [0.2, 0.25) is 0 Å². The van der Waals surface area contributed by atoms with Crippen molar-refractivity contribution in [2.24, 2.45) is 11.0 Å². The van der Waals surface area contributed by atoms with Crippen LogP contribution in [-0.2, 0) is 18.6 Å². The Morgan fingerprint density at radius 2 is 1.59 bits per heavy atom. The number of ether oxygens (including phenoxy) is 3. The van der Waals surface area contributed by atoms with Gasteiger partial charge in [0.25, 0.3) is 8.32 Å². The maximum absolute atomic E-state index is 8.91. The van der Waals surface area contributed by atoms with E-state index >= 15 is 0 Å². The van der Waals surface area contributed by atoms with Gasteiger partial charge >= 0.3 is 0 Å². The number of hydrogen-bond acceptors (Lipinski definition) is 5. The number of fused-ring (bicyclic) bond motifs is 1. The van der Waals surface area contributed by atoms with Crippen LogP contribution in [0.25, 0.3) is 10.4 Å². The largest absolute Gasteiger partial charge is 0.407 e. The molecule has 4 atom stereocenters. The molecule has 0 saturated carbocycles. The SMILES string of the molecule is CC1(C)O[C@H]2O[C@H](CCO[Si](c3ccccc3)(c3ccccc3)C(C)(C)C)[C@@H](CN=[N+]=[N-])[C@H]2O1. The summed E-state index contributed by atoms with van der Waals surface area (Å²) in [6.45, 7) is 11.4. The van der Waals surface area contributed by atoms with Crippen LogP contribution in [0.4, 0.5) is 0 Å². The topological polar surface area (TPSA) is 85.7 Å². The van der Waals surface area contributed by atoms with Gasteiger partial charge in [0.1, 0.15) is 6.10 Å². The van der Waals surface area contributed by atoms with Gasteiger partial charge in [0, 0.05) is 24.0 Å². The maximum atomic E-state index is 8.91. The van der Waals surface area contributed by atoms with Gasteiger partial charge in [-0.2, -0.15) is 0 Å². The summed E-state index contributed by atoms with van der Waals surface area (Å²) in [7, 11) is -2.62. The minimum absolute atomic E-state index is 0.0783. The first-order chi connectivity index (χ1) is 16.2. The Kier molecular flexibility index (Phi) is 7.19. The fourth-order valence-electron chi connectivity index (χ4n) is 5.36. The molecule has 2 aromatic carbocycles. The molecule has 2 saturated heterocycles. The maximum Gasteiger partial charge on any atom is 0.261 e. The highest BCUT2D eigenvalue weighted by Gasteiger charge is 2.55. The van der Waals surface area contributed by atoms with Gasteiger partial charge in [0.15, 0.2) is 12.1 Å². The third-order valence-electron chi connectivity index (χ3n) is 6.79. The van der Waals surface area contributed by atoms with Crippen LogP contribution < -0.4 is 10.4 Å². The van der Waals surface area contributed by atoms with Crippen molar-refractivity contribution in [3.05, 3.63) is 71.1 Å². The first kappa shape index (κ1) is 24.9. The molecule has 0 radical (unpaired) electrons. The smallest absolute Gasteiger partial charge is 0.261 e. The van der Waals surface area contributed by atoms with Crippen LogP contribution in [0, 0.1) is 5.92 Å². The molecule has 0 bridgehead atoms. The number of benzene rings is 2. The highest BCUT2D eigenvalue weighted by Crippen LogP contribution is 2.42. The van der Waals surface area contributed by atoms with E-state index in [1.165, 1.54) is 10.4 Å². The second-order valence-electron chi connectivity index (χ2n) is 10.5. The average molecular weight is 482 g/mol. The quantitative estimate of drug-likeness (QED) is 0.236. The summed E-state index contributed by atoms with van der Waals surface area (Å²) in [4.78, 5) is 2.96. The molecular weight excluding hydrogens is 446 g/mol. The Morgan fingerprint density at radius 3 is 2.12 bits per heavy atom. The van der Waals surface area contributed by atoms with Gasteiger partial charge in [0.05, 0.1) is 6.10 Å². The van der Waals surface area contributed by atoms with Gasteiger partial charge in [-0.25, -0.2) is 0 Å². The Labute approximate surface area is 203 Å². The lowest BCUT2D eigenvalue weighted by Crippen LogP contribution is -2.66. The van der Waals surface area contributed by atoms with E-state index in [0.717, 1.165) is 0 Å². The van der Waals surface area contributed by atoms with Crippen LogP contribution in [0.1, 0.15) is 41.0 Å². The van der Waals surface area contributed by atoms with Crippen LogP contribution in [0.15, 0.2) is 65.8 Å². The van der Waals surface area contributed by atoms with Crippen LogP contribution in [0.5, 0.6) is 0 Å². The van der Waals surface area contributed by atoms with Crippen molar-refractivity contribution in [1.29, 1.82) is 0 Å². The fraction of sp³-hybridized carbons (Fsp3) is 0.538. The predicted octanol–water partition coefficient (Wildman–Crippen LogP) is 4.76. The van der Waals surface area contributed by atoms with Crippen molar-refractivity contribution in [1.82, 2.24) is 0 Å². The Bertz CT molecular complexity index is 966. The van der Waals surface area contributed by atoms with E-state index in [-0.39, 0.29) is 23.2 Å². The van der Waals surface area contributed by atoms with Crippen LogP contribution in [0.2, 0.25) is 5.04 Å². The van der Waals surface area contributed by atoms with Crippen LogP contribution in [-0.4, -0.2) is 45.8 Å². The summed E-state index contributed by atoms with van der Waals surface area (Å²) >= 11 is 0. The van der Waals surface area contributed by atoms with E-state index in [4.69, 9.17) is 24.2 Å². The third kappa shape index (κ3) is 4.80. The van der Waals surface area contributed by atoms with Crippen molar-refractivity contribution in [3.8, 4) is 0 Å². The minimum Gasteiger partial charge on any atom is -0.407 e. The molecule has 0 spiro atoms. The molecule has 2 aliphatic rings. The van der Waals surface area contributed by atoms with Gasteiger partial charge in [-0.1, -0.05) is 86.5 Å². The zero-order chi connectivity index (χ0) is 24.4. The van der Waals surface area contributed by atoms with Crippen molar-refractivity contribution in [2.75, 3.05) is 13.2 Å². The normalized spacial score (nSPS) is 26.1. The first-order valence-electron chi connectivity index (χ1n) is 11.9. The highest BCUT2D eigenvalue weighted by atomic mass is 28.4. The van der Waals surface area contributed by atoms with E-state index in [9.17, 15) is 0 Å². The van der Waals surface area contributed by atoms with Crippen LogP contribution >= 0.6 is 0 Å². The van der Waals surface area contributed by atoms with E-state index in [1.54, 1.807) is 0 Å². The molecule has 0 amide bonds. The van der Waals surface area contributed by atoms with Gasteiger partial charge in [-0.15, -0.1) is 0 Å². The molecule has 4 rings (SSSR count). The Balaban J connectivity index is 1.58. The number of hydrogen-bond donors (Lipinski definition) is 0. The van der Waals surface area contributed by atoms with Crippen LogP contribution in [0.3, 0.4) is 0 Å². The molecule has 34 heavy (non-hydrogen) atoms. The molecule has 2 aromatic rings. The molecule has 182 valence electrons. The number of nitrogens with zero attached hydrogens (tertiary/aromatic N) is 3. The highest BCUT2D eigenvalue weighted by molar-refractivity contribution is 6.99. The lowest BCUT2D eigenvalue weighted by Gasteiger charge is -2.43. The predicted molar refractivity (Wildman–Crippen MR) is 134 cm³/mol. The Morgan fingerprint density at radius 1 is 1.00 bits per heavy atom. The molecule has 2 aliphatic heterocycles.